The van der Waals surface area contributed by atoms with Gasteiger partial charge >= 0.3 is 229 Å². The molecule has 0 aromatic carbocycles. The molecule has 0 aromatic heterocycles. The minimum Gasteiger partial charge on any atom is -1.00 e. The number of halogens is 3. The summed E-state index contributed by atoms with van der Waals surface area (Å²) in [7, 11) is 0. The third kappa shape index (κ3) is 137. The second-order valence-corrected chi connectivity index (χ2v) is 2.34. The summed E-state index contributed by atoms with van der Waals surface area (Å²) in [6.45, 7) is 0.472. The van der Waals surface area contributed by atoms with E-state index in [1.807, 2.05) is 0 Å². The summed E-state index contributed by atoms with van der Waals surface area (Å²) in [6.07, 6.45) is -4.88. The second-order valence-electron chi connectivity index (χ2n) is 2.34. The number of aliphatic carboxylic acids is 3. The number of carboxylic acids is 3. The smallest absolute Gasteiger partial charge is 1.00 e. The van der Waals surface area contributed by atoms with Crippen molar-refractivity contribution in [2.24, 2.45) is 0 Å². The van der Waals surface area contributed by atoms with Crippen molar-refractivity contribution in [1.29, 1.82) is 0 Å². The molecule has 0 fully saturated rings. The minimum atomic E-state index is -2.44. The number of aliphatic hydroxyl groups excluding tert-OH is 2. The van der Waals surface area contributed by atoms with Crippen molar-refractivity contribution in [1.82, 2.24) is 6.15 Å². The van der Waals surface area contributed by atoms with E-state index in [4.69, 9.17) is 45.3 Å². The van der Waals surface area contributed by atoms with E-state index in [0.717, 1.165) is 6.92 Å². The number of hydrogen-bond donors (Lipinski definition) is 3. The molecule has 25 heteroatoms. The third-order valence-electron chi connectivity index (χ3n) is 0.782. The van der Waals surface area contributed by atoms with Crippen molar-refractivity contribution in [2.45, 2.75) is 19.1 Å². The zero-order valence-electron chi connectivity index (χ0n) is 18.9. The van der Waals surface area contributed by atoms with Gasteiger partial charge in [0.15, 0.2) is 0 Å². The second kappa shape index (κ2) is 76.7. The Balaban J connectivity index is -0.00000000905. The molecule has 0 amide bonds. The molecule has 156 valence electrons. The SMILES string of the molecule is CC(=O)[O-].Cl.N.O=C([O-])C(O)C(O)C(=O)[O-].O=C[O-].O=[N+]([O-])[O-].[Br-].[Cl-].[K+].[Na+].[Na+].[Na+].[Na+].[Na+].[Na+]. The number of rotatable bonds is 3. The molecule has 0 aliphatic rings. The van der Waals surface area contributed by atoms with Gasteiger partial charge in [-0.2, -0.15) is 0 Å². The van der Waals surface area contributed by atoms with Gasteiger partial charge in [0.2, 0.25) is 0 Å². The molecule has 0 bridgehead atoms. The van der Waals surface area contributed by atoms with Gasteiger partial charge in [-0.3, -0.25) is 0 Å². The summed E-state index contributed by atoms with van der Waals surface area (Å²) in [5.41, 5.74) is 0. The topological polar surface area (TPSA) is 302 Å². The van der Waals surface area contributed by atoms with Crippen molar-refractivity contribution < 1.29 is 313 Å². The summed E-state index contributed by atoms with van der Waals surface area (Å²) in [4.78, 5) is 44.7. The summed E-state index contributed by atoms with van der Waals surface area (Å²) in [5.74, 6) is -5.20. The molecule has 0 radical (unpaired) electrons. The van der Waals surface area contributed by atoms with Crippen molar-refractivity contribution >= 4 is 36.8 Å². The van der Waals surface area contributed by atoms with Crippen LogP contribution in [0.5, 0.6) is 0 Å². The molecule has 0 aliphatic heterocycles. The monoisotopic (exact) mass is 658 g/mol. The largest absolute Gasteiger partial charge is 1.00 e. The van der Waals surface area contributed by atoms with Crippen LogP contribution in [0.3, 0.4) is 0 Å². The molecule has 0 saturated carbocycles. The molecule has 0 saturated heterocycles. The Bertz CT molecular complexity index is 350. The third-order valence-corrected chi connectivity index (χ3v) is 0.782. The number of hydrogen-bond acceptors (Lipinski definition) is 14. The Morgan fingerprint density at radius 3 is 0.938 bits per heavy atom. The quantitative estimate of drug-likeness (QED) is 0.110. The van der Waals surface area contributed by atoms with E-state index in [2.05, 4.69) is 0 Å². The van der Waals surface area contributed by atoms with Crippen LogP contribution in [0, 0.1) is 15.3 Å². The summed E-state index contributed by atoms with van der Waals surface area (Å²) >= 11 is 0. The van der Waals surface area contributed by atoms with E-state index in [-0.39, 0.29) is 277 Å². The van der Waals surface area contributed by atoms with Crippen LogP contribution in [-0.4, -0.2) is 51.9 Å². The molecule has 0 heterocycles. The molecule has 0 aliphatic carbocycles. The zero-order chi connectivity index (χ0) is 18.2. The van der Waals surface area contributed by atoms with Gasteiger partial charge in [0.05, 0.1) is 17.0 Å². The van der Waals surface area contributed by atoms with Crippen LogP contribution in [0.2, 0.25) is 0 Å². The van der Waals surface area contributed by atoms with Gasteiger partial charge in [-0.05, 0) is 6.92 Å². The predicted octanol–water partition coefficient (Wildman–Crippen LogP) is -34.3. The van der Waals surface area contributed by atoms with Gasteiger partial charge < -0.3 is 101 Å². The average molecular weight is 660 g/mol. The van der Waals surface area contributed by atoms with E-state index in [1.165, 1.54) is 0 Å². The van der Waals surface area contributed by atoms with Gasteiger partial charge in [0.25, 0.3) is 0 Å². The number of carbonyl (C=O) groups is 4. The van der Waals surface area contributed by atoms with E-state index in [1.54, 1.807) is 0 Å². The molecular formula is C7H12BrCl2KN2Na6O13. The Kier molecular flexibility index (Phi) is 236. The Morgan fingerprint density at radius 2 is 0.906 bits per heavy atom. The molecule has 0 rings (SSSR count). The fourth-order valence-electron chi connectivity index (χ4n) is 0.258. The van der Waals surface area contributed by atoms with Gasteiger partial charge in [0.1, 0.15) is 12.2 Å². The predicted molar refractivity (Wildman–Crippen MR) is 61.4 cm³/mol. The molecular weight excluding hydrogens is 648 g/mol. The summed E-state index contributed by atoms with van der Waals surface area (Å²) in [5, 5.41) is 67.6. The zero-order valence-corrected chi connectivity index (χ0v) is 37.2. The van der Waals surface area contributed by atoms with Crippen LogP contribution in [0.4, 0.5) is 0 Å². The molecule has 2 atom stereocenters. The first-order valence-electron chi connectivity index (χ1n) is 4.17. The molecule has 5 N–H and O–H groups in total. The van der Waals surface area contributed by atoms with E-state index >= 15 is 0 Å². The van der Waals surface area contributed by atoms with E-state index in [0.29, 0.717) is 0 Å². The van der Waals surface area contributed by atoms with Gasteiger partial charge in [-0.1, -0.05) is 0 Å². The first-order valence-corrected chi connectivity index (χ1v) is 4.17. The number of carboxylic acid groups (broad SMARTS) is 4. The molecule has 32 heavy (non-hydrogen) atoms. The van der Waals surface area contributed by atoms with Crippen LogP contribution in [-0.2, 0) is 19.2 Å². The fourth-order valence-corrected chi connectivity index (χ4v) is 0.258. The van der Waals surface area contributed by atoms with Crippen molar-refractivity contribution in [3.05, 3.63) is 15.3 Å². The fraction of sp³-hybridized carbons (Fsp3) is 0.429. The maximum Gasteiger partial charge on any atom is 1.00 e. The van der Waals surface area contributed by atoms with Gasteiger partial charge in [0, 0.05) is 12.4 Å². The Labute approximate surface area is 381 Å². The molecule has 2 unspecified atom stereocenters. The normalized spacial score (nSPS) is 6.84. The van der Waals surface area contributed by atoms with Gasteiger partial charge in [-0.25, -0.2) is 0 Å². The average Bonchev–Trinajstić information content (AvgIpc) is 2.26. The Hall–Kier alpha value is 5.66. The van der Waals surface area contributed by atoms with Crippen LogP contribution < -0.4 is 285 Å². The first kappa shape index (κ1) is 98.6. The number of carbonyl (C=O) groups excluding carboxylic acids is 4. The summed E-state index contributed by atoms with van der Waals surface area (Å²) in [6, 6.07) is 0. The van der Waals surface area contributed by atoms with E-state index < -0.39 is 41.7 Å². The molecule has 0 aromatic rings. The van der Waals surface area contributed by atoms with Crippen LogP contribution in [0.1, 0.15) is 6.92 Å². The number of aliphatic hydroxyl groups is 2. The maximum atomic E-state index is 9.63. The van der Waals surface area contributed by atoms with Crippen molar-refractivity contribution in [2.75, 3.05) is 0 Å². The maximum absolute atomic E-state index is 9.63. The van der Waals surface area contributed by atoms with E-state index in [9.17, 15) is 19.8 Å². The Morgan fingerprint density at radius 1 is 0.844 bits per heavy atom. The van der Waals surface area contributed by atoms with Crippen molar-refractivity contribution in [3.8, 4) is 0 Å². The first-order chi connectivity index (χ1) is 9.34. The van der Waals surface area contributed by atoms with Crippen molar-refractivity contribution in [3.63, 3.8) is 0 Å². The van der Waals surface area contributed by atoms with Crippen LogP contribution in [0.25, 0.3) is 0 Å². The van der Waals surface area contributed by atoms with Crippen LogP contribution in [0.15, 0.2) is 0 Å². The molecule has 15 nitrogen and oxygen atoms in total. The van der Waals surface area contributed by atoms with Crippen LogP contribution >= 0.6 is 12.4 Å². The number of nitrogens with zero attached hydrogens (tertiary/aromatic N) is 1. The minimum absolute atomic E-state index is 0. The summed E-state index contributed by atoms with van der Waals surface area (Å²) < 4.78 is 0. The molecule has 0 spiro atoms. The van der Waals surface area contributed by atoms with Gasteiger partial charge in [-0.15, -0.1) is 12.4 Å². The standard InChI is InChI=1S/C4H6O6.C2H4O2.CH2O2.BrH.2ClH.K.NO3.H3N.6Na/c5-1(3(7)8)2(6)4(9)10;1-2(3)4;2-1-3;;;;;2-1(3)4;;;;;;;/h1-2,5-6H,(H,7,8)(H,9,10);1H3,(H,3,4);1H,(H,2,3);3*1H;;;1H3;;;;;;/q;;;;;;+1;-1;;6*+1/p-6.